The van der Waals surface area contributed by atoms with E-state index in [0.717, 1.165) is 16.0 Å². The minimum atomic E-state index is 0.856. The molecule has 0 bridgehead atoms. The molecule has 1 aromatic heterocycles. The maximum absolute atomic E-state index is 4.71. The molecule has 0 atom stereocenters. The summed E-state index contributed by atoms with van der Waals surface area (Å²) in [5.41, 5.74) is 7.32. The van der Waals surface area contributed by atoms with Gasteiger partial charge in [0.15, 0.2) is 5.13 Å². The molecular formula is C17H17BrN2S. The molecule has 1 heterocycles. The first-order valence-electron chi connectivity index (χ1n) is 6.87. The number of hydrogen-bond donors (Lipinski definition) is 1. The van der Waals surface area contributed by atoms with Crippen LogP contribution in [0.5, 0.6) is 0 Å². The van der Waals surface area contributed by atoms with Crippen molar-refractivity contribution in [2.75, 3.05) is 5.32 Å². The molecule has 0 amide bonds. The fourth-order valence-corrected chi connectivity index (χ4v) is 4.28. The van der Waals surface area contributed by atoms with Crippen molar-refractivity contribution in [3.05, 3.63) is 52.6 Å². The zero-order valence-electron chi connectivity index (χ0n) is 12.3. The number of nitrogens with one attached hydrogen (secondary N) is 1. The molecular weight excluding hydrogens is 344 g/mol. The van der Waals surface area contributed by atoms with E-state index in [1.807, 2.05) is 0 Å². The molecule has 0 spiro atoms. The van der Waals surface area contributed by atoms with Crippen molar-refractivity contribution < 1.29 is 0 Å². The molecule has 0 aliphatic heterocycles. The summed E-state index contributed by atoms with van der Waals surface area (Å²) in [4.78, 5) is 4.71. The van der Waals surface area contributed by atoms with Crippen LogP contribution in [0.25, 0.3) is 10.2 Å². The van der Waals surface area contributed by atoms with E-state index < -0.39 is 0 Å². The van der Waals surface area contributed by atoms with Crippen LogP contribution >= 0.6 is 27.3 Å². The van der Waals surface area contributed by atoms with E-state index in [0.29, 0.717) is 0 Å². The van der Waals surface area contributed by atoms with Gasteiger partial charge in [-0.2, -0.15) is 0 Å². The molecule has 3 rings (SSSR count). The Bertz CT molecular complexity index is 785. The van der Waals surface area contributed by atoms with Crippen LogP contribution in [0.15, 0.2) is 30.3 Å². The van der Waals surface area contributed by atoms with Crippen LogP contribution in [-0.2, 0) is 5.33 Å². The summed E-state index contributed by atoms with van der Waals surface area (Å²) in [5, 5.41) is 5.31. The number of rotatable bonds is 3. The summed E-state index contributed by atoms with van der Waals surface area (Å²) < 4.78 is 1.25. The molecule has 2 nitrogen and oxygen atoms in total. The number of thiazole rings is 1. The van der Waals surface area contributed by atoms with Crippen molar-refractivity contribution in [2.24, 2.45) is 0 Å². The predicted molar refractivity (Wildman–Crippen MR) is 96.2 cm³/mol. The number of halogens is 1. The lowest BCUT2D eigenvalue weighted by molar-refractivity contribution is 1.30. The summed E-state index contributed by atoms with van der Waals surface area (Å²) in [5.74, 6) is 0. The lowest BCUT2D eigenvalue weighted by Gasteiger charge is -2.11. The highest BCUT2D eigenvalue weighted by molar-refractivity contribution is 9.08. The summed E-state index contributed by atoms with van der Waals surface area (Å²) >= 11 is 5.26. The lowest BCUT2D eigenvalue weighted by atomic mass is 10.1. The smallest absolute Gasteiger partial charge is 0.188 e. The Labute approximate surface area is 137 Å². The molecule has 21 heavy (non-hydrogen) atoms. The van der Waals surface area contributed by atoms with Crippen molar-refractivity contribution in [3.63, 3.8) is 0 Å². The fraction of sp³-hybridized carbons (Fsp3) is 0.235. The Kier molecular flexibility index (Phi) is 4.00. The molecule has 0 unspecified atom stereocenters. The second kappa shape index (κ2) is 5.78. The minimum Gasteiger partial charge on any atom is -0.331 e. The molecule has 0 saturated carbocycles. The van der Waals surface area contributed by atoms with Crippen molar-refractivity contribution in [1.29, 1.82) is 0 Å². The highest BCUT2D eigenvalue weighted by Crippen LogP contribution is 2.33. The number of nitrogens with zero attached hydrogens (tertiary/aromatic N) is 1. The van der Waals surface area contributed by atoms with Crippen LogP contribution in [0.4, 0.5) is 10.8 Å². The van der Waals surface area contributed by atoms with Gasteiger partial charge in [0, 0.05) is 11.0 Å². The zero-order valence-corrected chi connectivity index (χ0v) is 14.7. The van der Waals surface area contributed by atoms with Crippen molar-refractivity contribution in [2.45, 2.75) is 26.1 Å². The number of anilines is 2. The third-order valence-corrected chi connectivity index (χ3v) is 5.22. The number of benzene rings is 2. The van der Waals surface area contributed by atoms with Gasteiger partial charge in [-0.25, -0.2) is 4.98 Å². The normalized spacial score (nSPS) is 11.0. The molecule has 2 aromatic carbocycles. The summed E-state index contributed by atoms with van der Waals surface area (Å²) in [7, 11) is 0. The van der Waals surface area contributed by atoms with E-state index in [1.165, 1.54) is 32.6 Å². The first-order valence-corrected chi connectivity index (χ1v) is 8.81. The molecule has 1 N–H and O–H groups in total. The van der Waals surface area contributed by atoms with Crippen LogP contribution in [0.3, 0.4) is 0 Å². The average Bonchev–Trinajstić information content (AvgIpc) is 2.85. The van der Waals surface area contributed by atoms with Gasteiger partial charge in [-0.1, -0.05) is 57.1 Å². The number of aromatic nitrogens is 1. The van der Waals surface area contributed by atoms with E-state index in [4.69, 9.17) is 4.98 Å². The van der Waals surface area contributed by atoms with Crippen LogP contribution in [-0.4, -0.2) is 4.98 Å². The van der Waals surface area contributed by atoms with E-state index in [1.54, 1.807) is 11.3 Å². The summed E-state index contributed by atoms with van der Waals surface area (Å²) in [6.07, 6.45) is 0. The third kappa shape index (κ3) is 2.83. The van der Waals surface area contributed by atoms with Gasteiger partial charge < -0.3 is 5.32 Å². The first-order chi connectivity index (χ1) is 10.1. The predicted octanol–water partition coefficient (Wildman–Crippen LogP) is 5.86. The zero-order chi connectivity index (χ0) is 15.0. The molecule has 0 radical (unpaired) electrons. The second-order valence-corrected chi connectivity index (χ2v) is 6.88. The molecule has 0 fully saturated rings. The Morgan fingerprint density at radius 3 is 2.52 bits per heavy atom. The monoisotopic (exact) mass is 360 g/mol. The SMILES string of the molecule is Cc1cc(C)c(Nc2nc3cccc(CBr)c3s2)c(C)c1. The topological polar surface area (TPSA) is 24.9 Å². The fourth-order valence-electron chi connectivity index (χ4n) is 2.65. The van der Waals surface area contributed by atoms with Gasteiger partial charge in [0.25, 0.3) is 0 Å². The average molecular weight is 361 g/mol. The van der Waals surface area contributed by atoms with Crippen LogP contribution in [0, 0.1) is 20.8 Å². The molecule has 0 saturated heterocycles. The Balaban J connectivity index is 2.03. The minimum absolute atomic E-state index is 0.856. The van der Waals surface area contributed by atoms with Gasteiger partial charge in [-0.3, -0.25) is 0 Å². The Morgan fingerprint density at radius 1 is 1.14 bits per heavy atom. The summed E-state index contributed by atoms with van der Waals surface area (Å²) in [6.45, 7) is 6.41. The quantitative estimate of drug-likeness (QED) is 0.591. The number of fused-ring (bicyclic) bond motifs is 1. The number of aryl methyl sites for hydroxylation is 3. The Hall–Kier alpha value is -1.39. The molecule has 4 heteroatoms. The van der Waals surface area contributed by atoms with Crippen molar-refractivity contribution in [1.82, 2.24) is 4.98 Å². The van der Waals surface area contributed by atoms with E-state index in [9.17, 15) is 0 Å². The van der Waals surface area contributed by atoms with Gasteiger partial charge in [0.1, 0.15) is 0 Å². The van der Waals surface area contributed by atoms with Gasteiger partial charge in [0.05, 0.1) is 10.2 Å². The van der Waals surface area contributed by atoms with Crippen LogP contribution < -0.4 is 5.32 Å². The van der Waals surface area contributed by atoms with Gasteiger partial charge >= 0.3 is 0 Å². The lowest BCUT2D eigenvalue weighted by Crippen LogP contribution is -1.96. The maximum Gasteiger partial charge on any atom is 0.188 e. The van der Waals surface area contributed by atoms with E-state index in [-0.39, 0.29) is 0 Å². The molecule has 3 aromatic rings. The van der Waals surface area contributed by atoms with Crippen molar-refractivity contribution >= 4 is 48.3 Å². The van der Waals surface area contributed by atoms with E-state index >= 15 is 0 Å². The highest BCUT2D eigenvalue weighted by atomic mass is 79.9. The Morgan fingerprint density at radius 2 is 1.86 bits per heavy atom. The first kappa shape index (κ1) is 14.5. The molecule has 0 aliphatic carbocycles. The second-order valence-electron chi connectivity index (χ2n) is 5.32. The van der Waals surface area contributed by atoms with Gasteiger partial charge in [0.2, 0.25) is 0 Å². The van der Waals surface area contributed by atoms with Crippen LogP contribution in [0.2, 0.25) is 0 Å². The highest BCUT2D eigenvalue weighted by Gasteiger charge is 2.10. The standard InChI is InChI=1S/C17H17BrN2S/c1-10-7-11(2)15(12(3)8-10)20-17-19-14-6-4-5-13(9-18)16(14)21-17/h4-8H,9H2,1-3H3,(H,19,20). The van der Waals surface area contributed by atoms with Gasteiger partial charge in [-0.05, 0) is 43.5 Å². The third-order valence-electron chi connectivity index (χ3n) is 3.55. The van der Waals surface area contributed by atoms with Crippen LogP contribution in [0.1, 0.15) is 22.3 Å². The van der Waals surface area contributed by atoms with Crippen molar-refractivity contribution in [3.8, 4) is 0 Å². The number of hydrogen-bond acceptors (Lipinski definition) is 3. The maximum atomic E-state index is 4.71. The summed E-state index contributed by atoms with van der Waals surface area (Å²) in [6, 6.07) is 10.7. The van der Waals surface area contributed by atoms with E-state index in [2.05, 4.69) is 72.3 Å². The molecule has 108 valence electrons. The number of alkyl halides is 1. The largest absolute Gasteiger partial charge is 0.331 e. The van der Waals surface area contributed by atoms with Gasteiger partial charge in [-0.15, -0.1) is 0 Å². The molecule has 0 aliphatic rings.